The van der Waals surface area contributed by atoms with Gasteiger partial charge < -0.3 is 0 Å². The van der Waals surface area contributed by atoms with E-state index >= 15 is 0 Å². The van der Waals surface area contributed by atoms with Crippen molar-refractivity contribution < 1.29 is 13.0 Å². The third-order valence-electron chi connectivity index (χ3n) is 1.83. The molecule has 0 spiro atoms. The van der Waals surface area contributed by atoms with Gasteiger partial charge in [-0.3, -0.25) is 9.69 Å². The first kappa shape index (κ1) is 5.89. The third-order valence-corrected chi connectivity index (χ3v) is 1.83. The highest BCUT2D eigenvalue weighted by atomic mass is 35.5. The Morgan fingerprint density at radius 1 is 1.36 bits per heavy atom. The average molecular weight is 220 g/mol. The first-order valence-corrected chi connectivity index (χ1v) is 3.94. The van der Waals surface area contributed by atoms with E-state index in [0.29, 0.717) is 0 Å². The third kappa shape index (κ3) is 3.13. The molecule has 0 heterocycles. The van der Waals surface area contributed by atoms with E-state index < -0.39 is 25.8 Å². The zero-order valence-corrected chi connectivity index (χ0v) is 8.54. The molecule has 1 rings (SSSR count). The van der Waals surface area contributed by atoms with Gasteiger partial charge in [-0.1, -0.05) is 30.3 Å². The molecule has 78 valence electrons. The van der Waals surface area contributed by atoms with Crippen molar-refractivity contribution in [3.05, 3.63) is 35.9 Å². The monoisotopic (exact) mass is 219 g/mol. The minimum Gasteiger partial charge on any atom is -0.300 e. The highest BCUT2D eigenvalue weighted by Gasteiger charge is 2.15. The number of nitrogens with zero attached hydrogens (tertiary/aromatic N) is 1. The summed E-state index contributed by atoms with van der Waals surface area (Å²) in [7, 11) is 0. The van der Waals surface area contributed by atoms with Crippen molar-refractivity contribution in [1.82, 2.24) is 4.90 Å². The fraction of sp³-hybridized carbons (Fsp3) is 0.364. The molecule has 0 saturated carbocycles. The second-order valence-electron chi connectivity index (χ2n) is 2.78. The summed E-state index contributed by atoms with van der Waals surface area (Å²) in [5, 5.41) is 0. The molecule has 2 nitrogen and oxygen atoms in total. The molecule has 1 atom stereocenters. The number of rotatable bonds is 3. The molecule has 0 fully saturated rings. The van der Waals surface area contributed by atoms with E-state index in [2.05, 4.69) is 0 Å². The van der Waals surface area contributed by atoms with Gasteiger partial charge in [0.1, 0.15) is 0 Å². The largest absolute Gasteiger partial charge is 0.300 e. The zero-order chi connectivity index (χ0) is 14.8. The second kappa shape index (κ2) is 5.78. The van der Waals surface area contributed by atoms with Crippen LogP contribution in [0.1, 0.15) is 25.5 Å². The van der Waals surface area contributed by atoms with Crippen LogP contribution in [0.5, 0.6) is 0 Å². The van der Waals surface area contributed by atoms with E-state index in [1.165, 1.54) is 19.1 Å². The standard InChI is InChI=1S/C11H15NO.ClH/c1-9(12(2)3)11(13)10-7-5-4-6-8-10;/h4-9H,1-3H3;1H/t9-;/m0./s1/i2D3,3D3;. The molecule has 3 heteroatoms. The molecule has 0 saturated heterocycles. The summed E-state index contributed by atoms with van der Waals surface area (Å²) in [6, 6.07) is 6.77. The predicted octanol–water partition coefficient (Wildman–Crippen LogP) is 2.24. The highest BCUT2D eigenvalue weighted by Crippen LogP contribution is 2.05. The zero-order valence-electron chi connectivity index (χ0n) is 13.7. The molecule has 1 aromatic rings. The molecular weight excluding hydrogens is 198 g/mol. The maximum atomic E-state index is 12.1. The normalized spacial score (nSPS) is 20.1. The van der Waals surface area contributed by atoms with Gasteiger partial charge in [-0.05, 0) is 20.9 Å². The first-order chi connectivity index (χ1) is 8.55. The van der Waals surface area contributed by atoms with Gasteiger partial charge in [-0.15, -0.1) is 12.4 Å². The smallest absolute Gasteiger partial charge is 0.179 e. The van der Waals surface area contributed by atoms with Crippen molar-refractivity contribution in [3.8, 4) is 0 Å². The van der Waals surface area contributed by atoms with Crippen LogP contribution in [0.25, 0.3) is 0 Å². The van der Waals surface area contributed by atoms with Gasteiger partial charge in [0.05, 0.1) is 6.04 Å². The van der Waals surface area contributed by atoms with Crippen LogP contribution in [0.3, 0.4) is 0 Å². The molecule has 1 aromatic carbocycles. The van der Waals surface area contributed by atoms with Crippen LogP contribution >= 0.6 is 12.4 Å². The molecule has 0 aliphatic rings. The second-order valence-corrected chi connectivity index (χ2v) is 2.78. The van der Waals surface area contributed by atoms with E-state index in [1.54, 1.807) is 18.2 Å². The number of Topliss-reactive ketones (excluding diaryl/α,β-unsaturated/α-hetero) is 1. The van der Waals surface area contributed by atoms with Gasteiger partial charge in [0.2, 0.25) is 0 Å². The molecule has 0 amide bonds. The lowest BCUT2D eigenvalue weighted by molar-refractivity contribution is 0.0890. The first-order valence-electron chi connectivity index (χ1n) is 6.94. The number of carbonyl (C=O) groups is 1. The van der Waals surface area contributed by atoms with E-state index in [-0.39, 0.29) is 22.9 Å². The summed E-state index contributed by atoms with van der Waals surface area (Å²) in [5.74, 6) is -0.534. The van der Waals surface area contributed by atoms with Crippen molar-refractivity contribution >= 4 is 18.2 Å². The minimum atomic E-state index is -2.87. The summed E-state index contributed by atoms with van der Waals surface area (Å²) in [6.45, 7) is -4.45. The fourth-order valence-corrected chi connectivity index (χ4v) is 0.961. The van der Waals surface area contributed by atoms with Crippen LogP contribution in [0.15, 0.2) is 30.3 Å². The molecule has 0 unspecified atom stereocenters. The lowest BCUT2D eigenvalue weighted by Gasteiger charge is -2.17. The SMILES string of the molecule is Cl.[2H]C([2H])([2H])N([C@@H](C)C(=O)c1ccccc1)C([2H])([2H])[2H]. The van der Waals surface area contributed by atoms with E-state index in [0.717, 1.165) is 0 Å². The molecule has 0 N–H and O–H groups in total. The van der Waals surface area contributed by atoms with Crippen molar-refractivity contribution in [2.75, 3.05) is 14.0 Å². The quantitative estimate of drug-likeness (QED) is 0.727. The number of benzene rings is 1. The van der Waals surface area contributed by atoms with Crippen molar-refractivity contribution in [2.45, 2.75) is 13.0 Å². The lowest BCUT2D eigenvalue weighted by atomic mass is 10.1. The molecule has 0 radical (unpaired) electrons. The molecule has 0 aliphatic carbocycles. The minimum absolute atomic E-state index is 0. The number of hydrogen-bond acceptors (Lipinski definition) is 2. The fourth-order valence-electron chi connectivity index (χ4n) is 0.961. The van der Waals surface area contributed by atoms with E-state index in [9.17, 15) is 4.79 Å². The van der Waals surface area contributed by atoms with Gasteiger partial charge in [-0.25, -0.2) is 0 Å². The Labute approximate surface area is 99.8 Å². The van der Waals surface area contributed by atoms with Gasteiger partial charge in [-0.2, -0.15) is 0 Å². The number of likely N-dealkylation sites (N-methyl/N-ethyl adjacent to an activating group) is 1. The van der Waals surface area contributed by atoms with Gasteiger partial charge in [0.25, 0.3) is 0 Å². The van der Waals surface area contributed by atoms with E-state index in [4.69, 9.17) is 8.22 Å². The lowest BCUT2D eigenvalue weighted by Crippen LogP contribution is -2.32. The average Bonchev–Trinajstić information content (AvgIpc) is 2.25. The topological polar surface area (TPSA) is 20.3 Å². The number of carbonyl (C=O) groups excluding carboxylic acids is 1. The number of halogens is 1. The Morgan fingerprint density at radius 2 is 1.93 bits per heavy atom. The summed E-state index contributed by atoms with van der Waals surface area (Å²) in [4.78, 5) is 12.4. The van der Waals surface area contributed by atoms with Crippen LogP contribution in [-0.2, 0) is 0 Å². The summed E-state index contributed by atoms with van der Waals surface area (Å²) in [5.41, 5.74) is 0.286. The number of ketones is 1. The van der Waals surface area contributed by atoms with Crippen LogP contribution < -0.4 is 0 Å². The van der Waals surface area contributed by atoms with Crippen LogP contribution in [0.2, 0.25) is 0 Å². The predicted molar refractivity (Wildman–Crippen MR) is 61.2 cm³/mol. The Bertz CT molecular complexity index is 430. The van der Waals surface area contributed by atoms with Gasteiger partial charge >= 0.3 is 0 Å². The van der Waals surface area contributed by atoms with Crippen molar-refractivity contribution in [1.29, 1.82) is 0 Å². The Balaban J connectivity index is 0.00000361. The molecule has 14 heavy (non-hydrogen) atoms. The molecule has 0 aromatic heterocycles. The Morgan fingerprint density at radius 3 is 2.43 bits per heavy atom. The van der Waals surface area contributed by atoms with Gasteiger partial charge in [0.15, 0.2) is 5.78 Å². The summed E-state index contributed by atoms with van der Waals surface area (Å²) < 4.78 is 43.7. The molecular formula is C11H16ClNO. The molecule has 0 aliphatic heterocycles. The van der Waals surface area contributed by atoms with Crippen molar-refractivity contribution in [2.24, 2.45) is 0 Å². The van der Waals surface area contributed by atoms with Crippen LogP contribution in [0, 0.1) is 0 Å². The Kier molecular flexibility index (Phi) is 2.43. The highest BCUT2D eigenvalue weighted by molar-refractivity contribution is 5.99. The van der Waals surface area contributed by atoms with Crippen LogP contribution in [-0.4, -0.2) is 30.7 Å². The van der Waals surface area contributed by atoms with Gasteiger partial charge in [0, 0.05) is 13.8 Å². The number of hydrogen-bond donors (Lipinski definition) is 0. The molecule has 0 bridgehead atoms. The Hall–Kier alpha value is -0.860. The van der Waals surface area contributed by atoms with Crippen molar-refractivity contribution in [3.63, 3.8) is 0 Å². The van der Waals surface area contributed by atoms with E-state index in [1.807, 2.05) is 0 Å². The maximum Gasteiger partial charge on any atom is 0.179 e. The maximum absolute atomic E-state index is 12.1. The summed E-state index contributed by atoms with van der Waals surface area (Å²) >= 11 is 0. The van der Waals surface area contributed by atoms with Crippen LogP contribution in [0.4, 0.5) is 0 Å². The summed E-state index contributed by atoms with van der Waals surface area (Å²) in [6.07, 6.45) is 0.